The summed E-state index contributed by atoms with van der Waals surface area (Å²) in [5, 5.41) is 5.73. The summed E-state index contributed by atoms with van der Waals surface area (Å²) >= 11 is 0. The Labute approximate surface area is 125 Å². The predicted octanol–water partition coefficient (Wildman–Crippen LogP) is -0.520. The molecule has 0 aliphatic carbocycles. The van der Waals surface area contributed by atoms with Crippen LogP contribution in [0.2, 0.25) is 0 Å². The van der Waals surface area contributed by atoms with Crippen LogP contribution < -0.4 is 10.6 Å². The number of nitrogens with zero attached hydrogens (tertiary/aromatic N) is 1. The van der Waals surface area contributed by atoms with Gasteiger partial charge in [-0.25, -0.2) is 8.42 Å². The molecule has 1 aromatic rings. The Hall–Kier alpha value is -1.44. The number of rotatable bonds is 5. The highest BCUT2D eigenvalue weighted by Crippen LogP contribution is 2.11. The largest absolute Gasteiger partial charge is 0.358 e. The summed E-state index contributed by atoms with van der Waals surface area (Å²) < 4.78 is 24.4. The quantitative estimate of drug-likeness (QED) is 0.765. The zero-order valence-electron chi connectivity index (χ0n) is 12.1. The monoisotopic (exact) mass is 311 g/mol. The zero-order chi connectivity index (χ0) is 15.3. The molecule has 0 radical (unpaired) electrons. The summed E-state index contributed by atoms with van der Waals surface area (Å²) in [6.07, 6.45) is 0. The molecule has 1 amide bonds. The molecule has 2 N–H and O–H groups in total. The molecule has 0 saturated carbocycles. The lowest BCUT2D eigenvalue weighted by Crippen LogP contribution is -2.57. The molecule has 116 valence electrons. The fourth-order valence-corrected chi connectivity index (χ4v) is 3.66. The van der Waals surface area contributed by atoms with E-state index in [0.29, 0.717) is 24.5 Å². The topological polar surface area (TPSA) is 78.5 Å². The molecule has 7 heteroatoms. The van der Waals surface area contributed by atoms with Gasteiger partial charge in [0.1, 0.15) is 0 Å². The van der Waals surface area contributed by atoms with Crippen LogP contribution in [0.5, 0.6) is 0 Å². The minimum absolute atomic E-state index is 0.0642. The lowest BCUT2D eigenvalue weighted by molar-refractivity contribution is -0.123. The van der Waals surface area contributed by atoms with Crippen molar-refractivity contribution in [2.24, 2.45) is 0 Å². The SMILES string of the molecule is CNC(=O)C1CN(CCS(=O)(=O)c2ccccc2)CCN1. The van der Waals surface area contributed by atoms with Crippen LogP contribution in [-0.4, -0.2) is 64.2 Å². The maximum atomic E-state index is 12.2. The standard InChI is InChI=1S/C14H21N3O3S/c1-15-14(18)13-11-17(8-7-16-13)9-10-21(19,20)12-5-3-2-4-6-12/h2-6,13,16H,7-11H2,1H3,(H,15,18). The van der Waals surface area contributed by atoms with Crippen molar-refractivity contribution in [2.75, 3.05) is 39.0 Å². The predicted molar refractivity (Wildman–Crippen MR) is 80.8 cm³/mol. The van der Waals surface area contributed by atoms with E-state index in [-0.39, 0.29) is 17.7 Å². The maximum absolute atomic E-state index is 12.2. The Morgan fingerprint density at radius 2 is 2.10 bits per heavy atom. The summed E-state index contributed by atoms with van der Waals surface area (Å²) in [5.74, 6) is 0.00270. The van der Waals surface area contributed by atoms with Crippen molar-refractivity contribution in [2.45, 2.75) is 10.9 Å². The molecule has 1 aliphatic rings. The summed E-state index contributed by atoms with van der Waals surface area (Å²) in [6, 6.07) is 8.19. The van der Waals surface area contributed by atoms with E-state index in [2.05, 4.69) is 10.6 Å². The number of piperazine rings is 1. The van der Waals surface area contributed by atoms with Gasteiger partial charge in [0, 0.05) is 33.2 Å². The van der Waals surface area contributed by atoms with Crippen molar-refractivity contribution in [3.8, 4) is 0 Å². The van der Waals surface area contributed by atoms with Gasteiger partial charge in [0.15, 0.2) is 9.84 Å². The van der Waals surface area contributed by atoms with E-state index in [1.165, 1.54) is 0 Å². The molecular formula is C14H21N3O3S. The minimum atomic E-state index is -3.27. The molecule has 1 atom stereocenters. The number of hydrogen-bond acceptors (Lipinski definition) is 5. The highest BCUT2D eigenvalue weighted by Gasteiger charge is 2.25. The van der Waals surface area contributed by atoms with Gasteiger partial charge in [-0.3, -0.25) is 9.69 Å². The molecule has 21 heavy (non-hydrogen) atoms. The molecule has 0 aromatic heterocycles. The summed E-state index contributed by atoms with van der Waals surface area (Å²) in [6.45, 7) is 2.40. The van der Waals surface area contributed by atoms with E-state index < -0.39 is 9.84 Å². The van der Waals surface area contributed by atoms with Crippen molar-refractivity contribution in [1.82, 2.24) is 15.5 Å². The first-order valence-electron chi connectivity index (χ1n) is 6.98. The molecule has 6 nitrogen and oxygen atoms in total. The van der Waals surface area contributed by atoms with E-state index in [1.807, 2.05) is 4.90 Å². The third-order valence-electron chi connectivity index (χ3n) is 3.60. The van der Waals surface area contributed by atoms with Crippen molar-refractivity contribution in [3.05, 3.63) is 30.3 Å². The Balaban J connectivity index is 1.92. The van der Waals surface area contributed by atoms with Gasteiger partial charge in [-0.05, 0) is 12.1 Å². The van der Waals surface area contributed by atoms with Gasteiger partial charge >= 0.3 is 0 Å². The van der Waals surface area contributed by atoms with E-state index in [1.54, 1.807) is 37.4 Å². The van der Waals surface area contributed by atoms with Crippen LogP contribution >= 0.6 is 0 Å². The van der Waals surface area contributed by atoms with Gasteiger partial charge in [0.25, 0.3) is 0 Å². The number of likely N-dealkylation sites (N-methyl/N-ethyl adjacent to an activating group) is 1. The van der Waals surface area contributed by atoms with E-state index in [4.69, 9.17) is 0 Å². The molecule has 1 saturated heterocycles. The van der Waals surface area contributed by atoms with E-state index >= 15 is 0 Å². The number of hydrogen-bond donors (Lipinski definition) is 2. The van der Waals surface area contributed by atoms with Crippen LogP contribution in [-0.2, 0) is 14.6 Å². The number of amides is 1. The van der Waals surface area contributed by atoms with Crippen LogP contribution in [0.15, 0.2) is 35.2 Å². The first kappa shape index (κ1) is 15.9. The van der Waals surface area contributed by atoms with Gasteiger partial charge in [-0.2, -0.15) is 0 Å². The molecule has 1 aromatic carbocycles. The fraction of sp³-hybridized carbons (Fsp3) is 0.500. The fourth-order valence-electron chi connectivity index (χ4n) is 2.36. The summed E-state index contributed by atoms with van der Waals surface area (Å²) in [7, 11) is -1.67. The van der Waals surface area contributed by atoms with Crippen LogP contribution in [0.25, 0.3) is 0 Å². The highest BCUT2D eigenvalue weighted by atomic mass is 32.2. The minimum Gasteiger partial charge on any atom is -0.358 e. The van der Waals surface area contributed by atoms with Gasteiger partial charge < -0.3 is 10.6 Å². The lowest BCUT2D eigenvalue weighted by atomic mass is 10.2. The Kier molecular flexibility index (Phi) is 5.33. The first-order valence-corrected chi connectivity index (χ1v) is 8.63. The van der Waals surface area contributed by atoms with Crippen LogP contribution in [0.3, 0.4) is 0 Å². The zero-order valence-corrected chi connectivity index (χ0v) is 12.9. The molecule has 1 unspecified atom stereocenters. The highest BCUT2D eigenvalue weighted by molar-refractivity contribution is 7.91. The number of sulfone groups is 1. The summed E-state index contributed by atoms with van der Waals surface area (Å²) in [5.41, 5.74) is 0. The van der Waals surface area contributed by atoms with Crippen LogP contribution in [0.4, 0.5) is 0 Å². The molecule has 1 heterocycles. The number of nitrogens with one attached hydrogen (secondary N) is 2. The molecule has 0 bridgehead atoms. The van der Waals surface area contributed by atoms with Gasteiger partial charge in [-0.15, -0.1) is 0 Å². The Morgan fingerprint density at radius 3 is 2.76 bits per heavy atom. The van der Waals surface area contributed by atoms with Crippen LogP contribution in [0, 0.1) is 0 Å². The third-order valence-corrected chi connectivity index (χ3v) is 5.31. The summed E-state index contributed by atoms with van der Waals surface area (Å²) in [4.78, 5) is 14.0. The Morgan fingerprint density at radius 1 is 1.38 bits per heavy atom. The average Bonchev–Trinajstić information content (AvgIpc) is 2.53. The average molecular weight is 311 g/mol. The van der Waals surface area contributed by atoms with Gasteiger partial charge in [0.2, 0.25) is 5.91 Å². The number of carbonyl (C=O) groups excluding carboxylic acids is 1. The van der Waals surface area contributed by atoms with E-state index in [0.717, 1.165) is 6.54 Å². The second kappa shape index (κ2) is 7.02. The third kappa shape index (κ3) is 4.26. The van der Waals surface area contributed by atoms with Gasteiger partial charge in [0.05, 0.1) is 16.7 Å². The molecule has 1 aliphatic heterocycles. The van der Waals surface area contributed by atoms with Crippen molar-refractivity contribution in [1.29, 1.82) is 0 Å². The van der Waals surface area contributed by atoms with Crippen molar-refractivity contribution in [3.63, 3.8) is 0 Å². The van der Waals surface area contributed by atoms with Crippen molar-refractivity contribution >= 4 is 15.7 Å². The lowest BCUT2D eigenvalue weighted by Gasteiger charge is -2.32. The molecular weight excluding hydrogens is 290 g/mol. The van der Waals surface area contributed by atoms with E-state index in [9.17, 15) is 13.2 Å². The molecule has 1 fully saturated rings. The molecule has 2 rings (SSSR count). The van der Waals surface area contributed by atoms with Gasteiger partial charge in [-0.1, -0.05) is 18.2 Å². The second-order valence-electron chi connectivity index (χ2n) is 5.05. The molecule has 0 spiro atoms. The number of benzene rings is 1. The number of carbonyl (C=O) groups is 1. The van der Waals surface area contributed by atoms with Crippen LogP contribution in [0.1, 0.15) is 0 Å². The van der Waals surface area contributed by atoms with Crippen molar-refractivity contribution < 1.29 is 13.2 Å². The second-order valence-corrected chi connectivity index (χ2v) is 7.16. The Bertz CT molecular complexity index is 574. The first-order chi connectivity index (χ1) is 10.0. The normalized spacial score (nSPS) is 20.1. The maximum Gasteiger partial charge on any atom is 0.238 e. The smallest absolute Gasteiger partial charge is 0.238 e.